The van der Waals surface area contributed by atoms with Crippen LogP contribution in [0.2, 0.25) is 0 Å². The molecular formula is C13H15F3N2O2. The van der Waals surface area contributed by atoms with Crippen molar-refractivity contribution in [3.63, 3.8) is 0 Å². The minimum absolute atomic E-state index is 0.310. The molecular weight excluding hydrogens is 273 g/mol. The van der Waals surface area contributed by atoms with Crippen LogP contribution >= 0.6 is 0 Å². The maximum Gasteiger partial charge on any atom is 0.319 e. The molecule has 0 unspecified atom stereocenters. The second-order valence-electron chi connectivity index (χ2n) is 4.61. The van der Waals surface area contributed by atoms with Crippen LogP contribution < -0.4 is 10.6 Å². The summed E-state index contributed by atoms with van der Waals surface area (Å²) >= 11 is 0. The Hall–Kier alpha value is -1.76. The number of anilines is 1. The molecule has 2 amide bonds. The molecule has 1 fully saturated rings. The molecule has 7 heteroatoms. The number of urea groups is 1. The normalized spacial score (nSPS) is 15.9. The number of ether oxygens (including phenoxy) is 1. The lowest BCUT2D eigenvalue weighted by Crippen LogP contribution is -2.35. The van der Waals surface area contributed by atoms with Crippen LogP contribution in [0.5, 0.6) is 0 Å². The summed E-state index contributed by atoms with van der Waals surface area (Å²) < 4.78 is 44.2. The minimum atomic E-state index is -1.60. The highest BCUT2D eigenvalue weighted by Crippen LogP contribution is 2.19. The van der Waals surface area contributed by atoms with Crippen LogP contribution in [-0.4, -0.2) is 25.8 Å². The zero-order valence-electron chi connectivity index (χ0n) is 10.7. The Morgan fingerprint density at radius 3 is 2.60 bits per heavy atom. The SMILES string of the molecule is O=C(NCC1CCOCC1)Nc1ccc(F)c(F)c1F. The van der Waals surface area contributed by atoms with E-state index >= 15 is 0 Å². The molecule has 1 aromatic carbocycles. The topological polar surface area (TPSA) is 50.4 Å². The zero-order chi connectivity index (χ0) is 14.5. The molecule has 20 heavy (non-hydrogen) atoms. The second kappa shape index (κ2) is 6.60. The van der Waals surface area contributed by atoms with E-state index in [0.717, 1.165) is 25.0 Å². The summed E-state index contributed by atoms with van der Waals surface area (Å²) in [5.41, 5.74) is -0.395. The van der Waals surface area contributed by atoms with Gasteiger partial charge in [-0.1, -0.05) is 0 Å². The fourth-order valence-electron chi connectivity index (χ4n) is 1.98. The molecule has 0 aliphatic carbocycles. The highest BCUT2D eigenvalue weighted by molar-refractivity contribution is 5.89. The first-order valence-corrected chi connectivity index (χ1v) is 6.34. The average molecular weight is 288 g/mol. The molecule has 0 radical (unpaired) electrons. The van der Waals surface area contributed by atoms with Crippen LogP contribution in [0.1, 0.15) is 12.8 Å². The van der Waals surface area contributed by atoms with Crippen molar-refractivity contribution in [3.05, 3.63) is 29.6 Å². The van der Waals surface area contributed by atoms with E-state index < -0.39 is 29.2 Å². The Morgan fingerprint density at radius 2 is 1.90 bits per heavy atom. The van der Waals surface area contributed by atoms with E-state index in [1.54, 1.807) is 0 Å². The molecule has 1 saturated heterocycles. The molecule has 0 bridgehead atoms. The first-order valence-electron chi connectivity index (χ1n) is 6.34. The average Bonchev–Trinajstić information content (AvgIpc) is 2.47. The lowest BCUT2D eigenvalue weighted by atomic mass is 10.0. The van der Waals surface area contributed by atoms with Crippen LogP contribution in [0.3, 0.4) is 0 Å². The molecule has 0 spiro atoms. The van der Waals surface area contributed by atoms with Crippen LogP contribution in [0, 0.1) is 23.4 Å². The highest BCUT2D eigenvalue weighted by atomic mass is 19.2. The number of hydrogen-bond acceptors (Lipinski definition) is 2. The molecule has 2 rings (SSSR count). The van der Waals surface area contributed by atoms with Crippen molar-refractivity contribution in [2.75, 3.05) is 25.1 Å². The molecule has 0 aromatic heterocycles. The van der Waals surface area contributed by atoms with E-state index in [1.165, 1.54) is 0 Å². The van der Waals surface area contributed by atoms with E-state index in [1.807, 2.05) is 0 Å². The lowest BCUT2D eigenvalue weighted by molar-refractivity contribution is 0.0671. The van der Waals surface area contributed by atoms with E-state index in [0.29, 0.717) is 25.7 Å². The van der Waals surface area contributed by atoms with Crippen LogP contribution in [0.25, 0.3) is 0 Å². The summed E-state index contributed by atoms with van der Waals surface area (Å²) in [6, 6.07) is 1.08. The van der Waals surface area contributed by atoms with Gasteiger partial charge in [0.05, 0.1) is 5.69 Å². The van der Waals surface area contributed by atoms with E-state index in [9.17, 15) is 18.0 Å². The molecule has 110 valence electrons. The highest BCUT2D eigenvalue weighted by Gasteiger charge is 2.17. The molecule has 1 aromatic rings. The first kappa shape index (κ1) is 14.6. The Bertz CT molecular complexity index is 491. The fraction of sp³-hybridized carbons (Fsp3) is 0.462. The van der Waals surface area contributed by atoms with Gasteiger partial charge in [0, 0.05) is 19.8 Å². The number of hydrogen-bond donors (Lipinski definition) is 2. The summed E-state index contributed by atoms with van der Waals surface area (Å²) in [4.78, 5) is 11.6. The van der Waals surface area contributed by atoms with Gasteiger partial charge >= 0.3 is 6.03 Å². The third kappa shape index (κ3) is 3.63. The second-order valence-corrected chi connectivity index (χ2v) is 4.61. The minimum Gasteiger partial charge on any atom is -0.381 e. The number of carbonyl (C=O) groups excluding carboxylic acids is 1. The van der Waals surface area contributed by atoms with Crippen LogP contribution in [0.4, 0.5) is 23.7 Å². The number of carbonyl (C=O) groups is 1. The van der Waals surface area contributed by atoms with Crippen LogP contribution in [0.15, 0.2) is 12.1 Å². The standard InChI is InChI=1S/C13H15F3N2O2/c14-9-1-2-10(12(16)11(9)15)18-13(19)17-7-8-3-5-20-6-4-8/h1-2,8H,3-7H2,(H2,17,18,19). The van der Waals surface area contributed by atoms with Gasteiger partial charge in [0.1, 0.15) is 0 Å². The summed E-state index contributed by atoms with van der Waals surface area (Å²) in [6.07, 6.45) is 1.69. The van der Waals surface area contributed by atoms with Crippen molar-refractivity contribution >= 4 is 11.7 Å². The fourth-order valence-corrected chi connectivity index (χ4v) is 1.98. The lowest BCUT2D eigenvalue weighted by Gasteiger charge is -2.22. The van der Waals surface area contributed by atoms with Crippen molar-refractivity contribution in [3.8, 4) is 0 Å². The van der Waals surface area contributed by atoms with E-state index in [-0.39, 0.29) is 0 Å². The van der Waals surface area contributed by atoms with Gasteiger partial charge in [0.2, 0.25) is 0 Å². The Balaban J connectivity index is 1.86. The van der Waals surface area contributed by atoms with Gasteiger partial charge in [-0.2, -0.15) is 0 Å². The van der Waals surface area contributed by atoms with Gasteiger partial charge in [-0.05, 0) is 30.9 Å². The summed E-state index contributed by atoms with van der Waals surface area (Å²) in [6.45, 7) is 1.75. The number of nitrogens with one attached hydrogen (secondary N) is 2. The third-order valence-electron chi connectivity index (χ3n) is 3.18. The maximum absolute atomic E-state index is 13.3. The van der Waals surface area contributed by atoms with E-state index in [4.69, 9.17) is 4.74 Å². The molecule has 1 aliphatic rings. The Morgan fingerprint density at radius 1 is 1.20 bits per heavy atom. The van der Waals surface area contributed by atoms with Gasteiger partial charge in [-0.3, -0.25) is 0 Å². The van der Waals surface area contributed by atoms with Crippen molar-refractivity contribution in [2.24, 2.45) is 5.92 Å². The Kier molecular flexibility index (Phi) is 4.84. The van der Waals surface area contributed by atoms with Crippen molar-refractivity contribution < 1.29 is 22.7 Å². The van der Waals surface area contributed by atoms with Gasteiger partial charge in [0.15, 0.2) is 17.5 Å². The van der Waals surface area contributed by atoms with Crippen molar-refractivity contribution in [1.82, 2.24) is 5.32 Å². The molecule has 1 heterocycles. The number of halogens is 3. The largest absolute Gasteiger partial charge is 0.381 e. The molecule has 4 nitrogen and oxygen atoms in total. The van der Waals surface area contributed by atoms with Crippen LogP contribution in [-0.2, 0) is 4.74 Å². The monoisotopic (exact) mass is 288 g/mol. The van der Waals surface area contributed by atoms with Gasteiger partial charge < -0.3 is 15.4 Å². The van der Waals surface area contributed by atoms with Crippen molar-refractivity contribution in [1.29, 1.82) is 0 Å². The number of amides is 2. The zero-order valence-corrected chi connectivity index (χ0v) is 10.7. The summed E-state index contributed by atoms with van der Waals surface area (Å²) in [5.74, 6) is -4.00. The summed E-state index contributed by atoms with van der Waals surface area (Å²) in [5, 5.41) is 4.73. The quantitative estimate of drug-likeness (QED) is 0.840. The first-order chi connectivity index (χ1) is 9.58. The Labute approximate surface area is 114 Å². The molecule has 1 aliphatic heterocycles. The maximum atomic E-state index is 13.3. The van der Waals surface area contributed by atoms with Gasteiger partial charge in [-0.15, -0.1) is 0 Å². The van der Waals surface area contributed by atoms with Gasteiger partial charge in [0.25, 0.3) is 0 Å². The predicted octanol–water partition coefficient (Wildman–Crippen LogP) is 2.65. The van der Waals surface area contributed by atoms with Crippen molar-refractivity contribution in [2.45, 2.75) is 12.8 Å². The number of benzene rings is 1. The third-order valence-corrected chi connectivity index (χ3v) is 3.18. The number of rotatable bonds is 3. The summed E-state index contributed by atoms with van der Waals surface area (Å²) in [7, 11) is 0. The smallest absolute Gasteiger partial charge is 0.319 e. The van der Waals surface area contributed by atoms with Gasteiger partial charge in [-0.25, -0.2) is 18.0 Å². The predicted molar refractivity (Wildman–Crippen MR) is 66.9 cm³/mol. The van der Waals surface area contributed by atoms with E-state index in [2.05, 4.69) is 10.6 Å². The molecule has 0 atom stereocenters. The molecule has 0 saturated carbocycles. The molecule has 2 N–H and O–H groups in total.